The maximum atomic E-state index is 11.4. The predicted octanol–water partition coefficient (Wildman–Crippen LogP) is 0.348. The summed E-state index contributed by atoms with van der Waals surface area (Å²) < 4.78 is 4.62. The van der Waals surface area contributed by atoms with E-state index in [1.165, 1.54) is 0 Å². The molecule has 0 rings (SSSR count). The molecule has 0 bridgehead atoms. The predicted molar refractivity (Wildman–Crippen MR) is 64.0 cm³/mol. The molecule has 0 aromatic carbocycles. The van der Waals surface area contributed by atoms with Crippen molar-refractivity contribution in [1.82, 2.24) is 10.6 Å². The van der Waals surface area contributed by atoms with Crippen LogP contribution in [0.2, 0.25) is 0 Å². The van der Waals surface area contributed by atoms with Crippen LogP contribution in [0.1, 0.15) is 27.2 Å². The monoisotopic (exact) mass is 260 g/mol. The van der Waals surface area contributed by atoms with Crippen LogP contribution in [0, 0.1) is 5.92 Å². The topological polar surface area (TPSA) is 105 Å². The number of hydrogen-bond acceptors (Lipinski definition) is 4. The molecule has 2 amide bonds. The van der Waals surface area contributed by atoms with Gasteiger partial charge in [0, 0.05) is 0 Å². The summed E-state index contributed by atoms with van der Waals surface area (Å²) in [4.78, 5) is 33.3. The lowest BCUT2D eigenvalue weighted by molar-refractivity contribution is -0.141. The Morgan fingerprint density at radius 1 is 1.28 bits per heavy atom. The molecule has 0 aliphatic rings. The van der Waals surface area contributed by atoms with Gasteiger partial charge >= 0.3 is 18.0 Å². The summed E-state index contributed by atoms with van der Waals surface area (Å²) in [5, 5.41) is 13.5. The largest absolute Gasteiger partial charge is 0.480 e. The fourth-order valence-electron chi connectivity index (χ4n) is 1.24. The Balaban J connectivity index is 4.19. The quantitative estimate of drug-likeness (QED) is 0.573. The van der Waals surface area contributed by atoms with Gasteiger partial charge in [0.05, 0.1) is 6.61 Å². The average Bonchev–Trinajstić information content (AvgIpc) is 2.32. The van der Waals surface area contributed by atoms with Crippen molar-refractivity contribution in [1.29, 1.82) is 0 Å². The third-order valence-electron chi connectivity index (χ3n) is 2.46. The van der Waals surface area contributed by atoms with Gasteiger partial charge in [0.1, 0.15) is 12.6 Å². The summed E-state index contributed by atoms with van der Waals surface area (Å²) in [6, 6.07) is -1.67. The first kappa shape index (κ1) is 16.2. The van der Waals surface area contributed by atoms with Crippen LogP contribution in [0.4, 0.5) is 4.79 Å². The molecule has 1 unspecified atom stereocenters. The summed E-state index contributed by atoms with van der Waals surface area (Å²) in [6.45, 7) is 5.16. The Hall–Kier alpha value is -1.79. The molecule has 0 aliphatic heterocycles. The zero-order chi connectivity index (χ0) is 14.1. The molecule has 0 aromatic rings. The van der Waals surface area contributed by atoms with E-state index in [0.29, 0.717) is 6.42 Å². The van der Waals surface area contributed by atoms with E-state index in [0.717, 1.165) is 0 Å². The van der Waals surface area contributed by atoms with Crippen molar-refractivity contribution in [2.75, 3.05) is 13.2 Å². The van der Waals surface area contributed by atoms with E-state index in [1.54, 1.807) is 13.8 Å². The normalized spacial score (nSPS) is 13.3. The molecule has 104 valence electrons. The molecule has 7 nitrogen and oxygen atoms in total. The highest BCUT2D eigenvalue weighted by atomic mass is 16.5. The molecule has 18 heavy (non-hydrogen) atoms. The van der Waals surface area contributed by atoms with E-state index in [1.807, 2.05) is 6.92 Å². The summed E-state index contributed by atoms with van der Waals surface area (Å²) in [5.74, 6) is -1.87. The van der Waals surface area contributed by atoms with Crippen molar-refractivity contribution in [2.24, 2.45) is 5.92 Å². The smallest absolute Gasteiger partial charge is 0.326 e. The number of carboxylic acid groups (broad SMARTS) is 1. The van der Waals surface area contributed by atoms with Gasteiger partial charge in [0.2, 0.25) is 0 Å². The first-order valence-electron chi connectivity index (χ1n) is 5.85. The minimum atomic E-state index is -1.10. The minimum Gasteiger partial charge on any atom is -0.480 e. The number of carbonyl (C=O) groups excluding carboxylic acids is 2. The van der Waals surface area contributed by atoms with Crippen molar-refractivity contribution in [3.8, 4) is 0 Å². The Labute approximate surface area is 106 Å². The molecule has 3 N–H and O–H groups in total. The van der Waals surface area contributed by atoms with Crippen LogP contribution in [0.15, 0.2) is 0 Å². The van der Waals surface area contributed by atoms with E-state index < -0.39 is 24.0 Å². The third kappa shape index (κ3) is 6.07. The lowest BCUT2D eigenvalue weighted by Crippen LogP contribution is -2.50. The molecular weight excluding hydrogens is 240 g/mol. The second-order valence-electron chi connectivity index (χ2n) is 3.83. The van der Waals surface area contributed by atoms with Crippen molar-refractivity contribution >= 4 is 18.0 Å². The highest BCUT2D eigenvalue weighted by molar-refractivity contribution is 5.85. The SMILES string of the molecule is CCOC(=O)CNC(=O)N[C@H](C(=O)O)C(C)CC. The second kappa shape index (κ2) is 8.32. The summed E-state index contributed by atoms with van der Waals surface area (Å²) in [5.41, 5.74) is 0. The summed E-state index contributed by atoms with van der Waals surface area (Å²) >= 11 is 0. The first-order chi connectivity index (χ1) is 8.42. The van der Waals surface area contributed by atoms with Crippen LogP contribution in [0.25, 0.3) is 0 Å². The zero-order valence-corrected chi connectivity index (χ0v) is 10.9. The highest BCUT2D eigenvalue weighted by Crippen LogP contribution is 2.07. The van der Waals surface area contributed by atoms with Gasteiger partial charge in [-0.3, -0.25) is 4.79 Å². The second-order valence-corrected chi connectivity index (χ2v) is 3.83. The number of esters is 1. The van der Waals surface area contributed by atoms with Crippen LogP contribution >= 0.6 is 0 Å². The number of rotatable bonds is 7. The molecule has 0 radical (unpaired) electrons. The van der Waals surface area contributed by atoms with E-state index in [-0.39, 0.29) is 19.1 Å². The maximum absolute atomic E-state index is 11.4. The Kier molecular flexibility index (Phi) is 7.50. The van der Waals surface area contributed by atoms with Gasteiger partial charge < -0.3 is 20.5 Å². The number of aliphatic carboxylic acids is 1. The highest BCUT2D eigenvalue weighted by Gasteiger charge is 2.25. The standard InChI is InChI=1S/C11H20N2O5/c1-4-7(3)9(10(15)16)13-11(17)12-6-8(14)18-5-2/h7,9H,4-6H2,1-3H3,(H,15,16)(H2,12,13,17)/t7?,9-/m0/s1. The van der Waals surface area contributed by atoms with Crippen LogP contribution in [0.3, 0.4) is 0 Å². The molecule has 0 aliphatic carbocycles. The summed E-state index contributed by atoms with van der Waals surface area (Å²) in [6.07, 6.45) is 0.620. The van der Waals surface area contributed by atoms with Crippen LogP contribution < -0.4 is 10.6 Å². The fraction of sp³-hybridized carbons (Fsp3) is 0.727. The number of carbonyl (C=O) groups is 3. The van der Waals surface area contributed by atoms with Gasteiger partial charge in [0.15, 0.2) is 0 Å². The number of urea groups is 1. The summed E-state index contributed by atoms with van der Waals surface area (Å²) in [7, 11) is 0. The van der Waals surface area contributed by atoms with Crippen molar-refractivity contribution < 1.29 is 24.2 Å². The minimum absolute atomic E-state index is 0.198. The zero-order valence-electron chi connectivity index (χ0n) is 10.9. The van der Waals surface area contributed by atoms with Gasteiger partial charge in [-0.15, -0.1) is 0 Å². The van der Waals surface area contributed by atoms with Gasteiger partial charge in [-0.25, -0.2) is 9.59 Å². The Morgan fingerprint density at radius 2 is 1.89 bits per heavy atom. The van der Waals surface area contributed by atoms with Crippen molar-refractivity contribution in [3.63, 3.8) is 0 Å². The number of nitrogens with one attached hydrogen (secondary N) is 2. The van der Waals surface area contributed by atoms with Gasteiger partial charge in [-0.2, -0.15) is 0 Å². The first-order valence-corrected chi connectivity index (χ1v) is 5.85. The number of carboxylic acids is 1. The molecule has 7 heteroatoms. The Bertz CT molecular complexity index is 306. The van der Waals surface area contributed by atoms with Gasteiger partial charge in [-0.1, -0.05) is 20.3 Å². The molecule has 0 fully saturated rings. The van der Waals surface area contributed by atoms with E-state index >= 15 is 0 Å². The third-order valence-corrected chi connectivity index (χ3v) is 2.46. The van der Waals surface area contributed by atoms with Crippen LogP contribution in [-0.4, -0.2) is 42.3 Å². The molecule has 0 heterocycles. The number of amides is 2. The molecule has 2 atom stereocenters. The fourth-order valence-corrected chi connectivity index (χ4v) is 1.24. The molecule has 0 aromatic heterocycles. The van der Waals surface area contributed by atoms with Crippen molar-refractivity contribution in [2.45, 2.75) is 33.2 Å². The van der Waals surface area contributed by atoms with Gasteiger partial charge in [-0.05, 0) is 12.8 Å². The lowest BCUT2D eigenvalue weighted by Gasteiger charge is -2.20. The Morgan fingerprint density at radius 3 is 2.33 bits per heavy atom. The molecular formula is C11H20N2O5. The molecule has 0 spiro atoms. The molecule has 0 saturated carbocycles. The number of ether oxygens (including phenoxy) is 1. The van der Waals surface area contributed by atoms with Crippen LogP contribution in [-0.2, 0) is 14.3 Å². The van der Waals surface area contributed by atoms with Gasteiger partial charge in [0.25, 0.3) is 0 Å². The lowest BCUT2D eigenvalue weighted by atomic mass is 9.99. The van der Waals surface area contributed by atoms with Crippen LogP contribution in [0.5, 0.6) is 0 Å². The average molecular weight is 260 g/mol. The van der Waals surface area contributed by atoms with E-state index in [2.05, 4.69) is 15.4 Å². The van der Waals surface area contributed by atoms with Crippen molar-refractivity contribution in [3.05, 3.63) is 0 Å². The van der Waals surface area contributed by atoms with E-state index in [4.69, 9.17) is 5.11 Å². The maximum Gasteiger partial charge on any atom is 0.326 e. The molecule has 0 saturated heterocycles. The van der Waals surface area contributed by atoms with E-state index in [9.17, 15) is 14.4 Å². The number of hydrogen-bond donors (Lipinski definition) is 3.